The van der Waals surface area contributed by atoms with E-state index >= 15 is 0 Å². The van der Waals surface area contributed by atoms with E-state index in [-0.39, 0.29) is 5.54 Å². The fourth-order valence-corrected chi connectivity index (χ4v) is 2.47. The fraction of sp³-hybridized carbons (Fsp3) is 0.462. The highest BCUT2D eigenvalue weighted by Gasteiger charge is 2.31. The highest BCUT2D eigenvalue weighted by atomic mass is 15.1. The predicted octanol–water partition coefficient (Wildman–Crippen LogP) is 2.55. The Balaban J connectivity index is 2.04. The van der Waals surface area contributed by atoms with Gasteiger partial charge in [0.05, 0.1) is 16.6 Å². The fourth-order valence-electron chi connectivity index (χ4n) is 2.47. The van der Waals surface area contributed by atoms with Crippen molar-refractivity contribution in [1.82, 2.24) is 15.3 Å². The first kappa shape index (κ1) is 9.85. The Morgan fingerprint density at radius 1 is 1.25 bits per heavy atom. The van der Waals surface area contributed by atoms with Crippen LogP contribution in [0.15, 0.2) is 24.3 Å². The van der Waals surface area contributed by atoms with Crippen LogP contribution >= 0.6 is 0 Å². The van der Waals surface area contributed by atoms with Crippen molar-refractivity contribution in [2.75, 3.05) is 6.54 Å². The molecule has 0 aliphatic carbocycles. The molecule has 1 aromatic heterocycles. The van der Waals surface area contributed by atoms with Crippen molar-refractivity contribution in [3.63, 3.8) is 0 Å². The number of hydrogen-bond donors (Lipinski definition) is 2. The monoisotopic (exact) mass is 215 g/mol. The average molecular weight is 215 g/mol. The smallest absolute Gasteiger partial charge is 0.127 e. The van der Waals surface area contributed by atoms with Crippen LogP contribution < -0.4 is 5.32 Å². The summed E-state index contributed by atoms with van der Waals surface area (Å²) in [6, 6.07) is 8.21. The van der Waals surface area contributed by atoms with Gasteiger partial charge in [-0.15, -0.1) is 0 Å². The minimum absolute atomic E-state index is 0.0251. The van der Waals surface area contributed by atoms with Crippen LogP contribution in [0.25, 0.3) is 11.0 Å². The van der Waals surface area contributed by atoms with Gasteiger partial charge in [-0.1, -0.05) is 12.1 Å². The Hall–Kier alpha value is -1.35. The van der Waals surface area contributed by atoms with Crippen molar-refractivity contribution in [3.8, 4) is 0 Å². The van der Waals surface area contributed by atoms with Gasteiger partial charge in [-0.25, -0.2) is 4.98 Å². The summed E-state index contributed by atoms with van der Waals surface area (Å²) in [6.07, 6.45) is 3.71. The largest absolute Gasteiger partial charge is 0.340 e. The Kier molecular flexibility index (Phi) is 2.21. The molecule has 1 aromatic carbocycles. The molecule has 0 spiro atoms. The molecule has 0 radical (unpaired) electrons. The van der Waals surface area contributed by atoms with Gasteiger partial charge < -0.3 is 10.3 Å². The van der Waals surface area contributed by atoms with E-state index in [1.54, 1.807) is 0 Å². The molecule has 3 heteroatoms. The number of nitrogens with one attached hydrogen (secondary N) is 2. The van der Waals surface area contributed by atoms with E-state index in [1.807, 2.05) is 12.1 Å². The first-order chi connectivity index (χ1) is 7.78. The predicted molar refractivity (Wildman–Crippen MR) is 65.3 cm³/mol. The standard InChI is InChI=1S/C13H17N3/c1-13(8-4-5-9-14-13)12-15-10-6-2-3-7-11(10)16-12/h2-3,6-7,14H,4-5,8-9H2,1H3,(H,15,16). The van der Waals surface area contributed by atoms with E-state index in [9.17, 15) is 0 Å². The van der Waals surface area contributed by atoms with Gasteiger partial charge in [-0.05, 0) is 44.9 Å². The molecule has 2 aromatic rings. The van der Waals surface area contributed by atoms with Crippen molar-refractivity contribution in [2.24, 2.45) is 0 Å². The van der Waals surface area contributed by atoms with Gasteiger partial charge in [0.15, 0.2) is 0 Å². The molecule has 3 rings (SSSR count). The number of fused-ring (bicyclic) bond motifs is 1. The van der Waals surface area contributed by atoms with E-state index in [2.05, 4.69) is 29.4 Å². The third-order valence-corrected chi connectivity index (χ3v) is 3.53. The maximum atomic E-state index is 4.69. The number of nitrogens with zero attached hydrogens (tertiary/aromatic N) is 1. The van der Waals surface area contributed by atoms with Crippen LogP contribution in [0.1, 0.15) is 32.0 Å². The van der Waals surface area contributed by atoms with Crippen molar-refractivity contribution < 1.29 is 0 Å². The summed E-state index contributed by atoms with van der Waals surface area (Å²) in [4.78, 5) is 8.12. The molecule has 0 saturated carbocycles. The minimum atomic E-state index is 0.0251. The topological polar surface area (TPSA) is 40.7 Å². The molecule has 0 bridgehead atoms. The first-order valence-corrected chi connectivity index (χ1v) is 5.98. The molecule has 1 unspecified atom stereocenters. The summed E-state index contributed by atoms with van der Waals surface area (Å²) in [7, 11) is 0. The number of H-pyrrole nitrogens is 1. The molecule has 1 atom stereocenters. The summed E-state index contributed by atoms with van der Waals surface area (Å²) in [6.45, 7) is 3.33. The second-order valence-electron chi connectivity index (χ2n) is 4.82. The molecule has 1 aliphatic heterocycles. The van der Waals surface area contributed by atoms with E-state index in [1.165, 1.54) is 12.8 Å². The lowest BCUT2D eigenvalue weighted by atomic mass is 9.90. The number of hydrogen-bond acceptors (Lipinski definition) is 2. The average Bonchev–Trinajstić information content (AvgIpc) is 2.74. The molecule has 2 heterocycles. The maximum Gasteiger partial charge on any atom is 0.127 e. The van der Waals surface area contributed by atoms with Gasteiger partial charge in [0.25, 0.3) is 0 Å². The molecule has 84 valence electrons. The molecule has 16 heavy (non-hydrogen) atoms. The van der Waals surface area contributed by atoms with Gasteiger partial charge >= 0.3 is 0 Å². The van der Waals surface area contributed by atoms with Crippen LogP contribution in [0.5, 0.6) is 0 Å². The molecule has 1 saturated heterocycles. The van der Waals surface area contributed by atoms with Crippen molar-refractivity contribution in [1.29, 1.82) is 0 Å². The zero-order chi connectivity index (χ0) is 11.0. The Labute approximate surface area is 95.3 Å². The number of rotatable bonds is 1. The molecule has 3 nitrogen and oxygen atoms in total. The number of aromatic nitrogens is 2. The van der Waals surface area contributed by atoms with Crippen LogP contribution in [0.3, 0.4) is 0 Å². The number of para-hydroxylation sites is 2. The number of aromatic amines is 1. The number of imidazole rings is 1. The van der Waals surface area contributed by atoms with Crippen molar-refractivity contribution in [2.45, 2.75) is 31.7 Å². The lowest BCUT2D eigenvalue weighted by Crippen LogP contribution is -2.44. The molecule has 2 N–H and O–H groups in total. The maximum absolute atomic E-state index is 4.69. The second kappa shape index (κ2) is 3.59. The van der Waals surface area contributed by atoms with E-state index in [0.29, 0.717) is 0 Å². The third-order valence-electron chi connectivity index (χ3n) is 3.53. The lowest BCUT2D eigenvalue weighted by Gasteiger charge is -2.33. The zero-order valence-corrected chi connectivity index (χ0v) is 9.59. The summed E-state index contributed by atoms with van der Waals surface area (Å²) in [5.41, 5.74) is 2.22. The molecular formula is C13H17N3. The summed E-state index contributed by atoms with van der Waals surface area (Å²) >= 11 is 0. The van der Waals surface area contributed by atoms with Gasteiger partial charge in [-0.3, -0.25) is 0 Å². The van der Waals surface area contributed by atoms with Crippen molar-refractivity contribution in [3.05, 3.63) is 30.1 Å². The van der Waals surface area contributed by atoms with Crippen LogP contribution in [0.4, 0.5) is 0 Å². The Morgan fingerprint density at radius 3 is 2.88 bits per heavy atom. The number of piperidine rings is 1. The summed E-state index contributed by atoms with van der Waals surface area (Å²) in [5.74, 6) is 1.08. The van der Waals surface area contributed by atoms with E-state index in [0.717, 1.165) is 29.8 Å². The first-order valence-electron chi connectivity index (χ1n) is 5.98. The normalized spacial score (nSPS) is 26.1. The highest BCUT2D eigenvalue weighted by molar-refractivity contribution is 5.74. The second-order valence-corrected chi connectivity index (χ2v) is 4.82. The summed E-state index contributed by atoms with van der Waals surface area (Å²) < 4.78 is 0. The van der Waals surface area contributed by atoms with Crippen molar-refractivity contribution >= 4 is 11.0 Å². The quantitative estimate of drug-likeness (QED) is 0.767. The van der Waals surface area contributed by atoms with Gasteiger partial charge in [0.1, 0.15) is 5.82 Å². The molecule has 0 amide bonds. The van der Waals surface area contributed by atoms with Crippen LogP contribution in [0.2, 0.25) is 0 Å². The summed E-state index contributed by atoms with van der Waals surface area (Å²) in [5, 5.41) is 3.58. The molecular weight excluding hydrogens is 198 g/mol. The minimum Gasteiger partial charge on any atom is -0.340 e. The Bertz CT molecular complexity index is 462. The van der Waals surface area contributed by atoms with Crippen LogP contribution in [-0.4, -0.2) is 16.5 Å². The van der Waals surface area contributed by atoms with Gasteiger partial charge in [0, 0.05) is 0 Å². The van der Waals surface area contributed by atoms with Crippen LogP contribution in [0, 0.1) is 0 Å². The van der Waals surface area contributed by atoms with Gasteiger partial charge in [0.2, 0.25) is 0 Å². The molecule has 1 aliphatic rings. The van der Waals surface area contributed by atoms with E-state index in [4.69, 9.17) is 4.98 Å². The Morgan fingerprint density at radius 2 is 2.12 bits per heavy atom. The third kappa shape index (κ3) is 1.52. The van der Waals surface area contributed by atoms with Gasteiger partial charge in [-0.2, -0.15) is 0 Å². The molecule has 1 fully saturated rings. The van der Waals surface area contributed by atoms with E-state index < -0.39 is 0 Å². The number of benzene rings is 1. The highest BCUT2D eigenvalue weighted by Crippen LogP contribution is 2.29. The SMILES string of the molecule is CC1(c2nc3ccccc3[nH]2)CCCCN1. The van der Waals surface area contributed by atoms with Crippen LogP contribution in [-0.2, 0) is 5.54 Å². The zero-order valence-electron chi connectivity index (χ0n) is 9.59. The lowest BCUT2D eigenvalue weighted by molar-refractivity contribution is 0.271.